The molecule has 0 saturated heterocycles. The van der Waals surface area contributed by atoms with Crippen LogP contribution in [0.1, 0.15) is 0 Å². The Bertz CT molecular complexity index is 458. The fourth-order valence-corrected chi connectivity index (χ4v) is 0.627. The number of rotatable bonds is 1. The number of nitrogens with one attached hydrogen (secondary N) is 1. The first-order valence-electron chi connectivity index (χ1n) is 4.63. The van der Waals surface area contributed by atoms with Gasteiger partial charge in [-0.25, -0.2) is 5.84 Å². The summed E-state index contributed by atoms with van der Waals surface area (Å²) in [7, 11) is -3.29. The van der Waals surface area contributed by atoms with Gasteiger partial charge in [-0.2, -0.15) is 13.5 Å². The first-order valence-corrected chi connectivity index (χ1v) is 5.99. The number of hydrazine groups is 2. The lowest BCUT2D eigenvalue weighted by Gasteiger charge is -2.12. The molecule has 0 aromatic heterocycles. The van der Waals surface area contributed by atoms with E-state index in [1.54, 1.807) is 12.3 Å². The molecule has 2 heterocycles. The van der Waals surface area contributed by atoms with Gasteiger partial charge in [0, 0.05) is 12.3 Å². The van der Waals surface area contributed by atoms with Crippen molar-refractivity contribution in [1.29, 1.82) is 0 Å². The van der Waals surface area contributed by atoms with Gasteiger partial charge in [0.25, 0.3) is 5.91 Å². The van der Waals surface area contributed by atoms with Crippen molar-refractivity contribution in [1.82, 2.24) is 10.5 Å². The molecule has 11 nitrogen and oxygen atoms in total. The predicted octanol–water partition coefficient (Wildman–Crippen LogP) is -1.59. The van der Waals surface area contributed by atoms with Crippen LogP contribution in [-0.4, -0.2) is 37.3 Å². The van der Waals surface area contributed by atoms with Gasteiger partial charge in [-0.15, -0.1) is 10.2 Å². The third-order valence-electron chi connectivity index (χ3n) is 1.49. The second-order valence-corrected chi connectivity index (χ2v) is 4.04. The largest absolute Gasteiger partial charge is 0.397 e. The van der Waals surface area contributed by atoms with Crippen molar-refractivity contribution in [3.8, 4) is 0 Å². The lowest BCUT2D eigenvalue weighted by Crippen LogP contribution is -2.47. The minimum atomic E-state index is -4.16. The van der Waals surface area contributed by atoms with Gasteiger partial charge in [0.05, 0.1) is 13.3 Å². The molecule has 2 rings (SSSR count). The van der Waals surface area contributed by atoms with Crippen LogP contribution in [0.15, 0.2) is 34.8 Å². The molecule has 2 aliphatic heterocycles. The third kappa shape index (κ3) is 9.95. The Morgan fingerprint density at radius 2 is 2.16 bits per heavy atom. The van der Waals surface area contributed by atoms with Crippen LogP contribution in [0.4, 0.5) is 0 Å². The predicted molar refractivity (Wildman–Crippen MR) is 63.8 cm³/mol. The molecule has 0 aromatic rings. The number of amides is 1. The van der Waals surface area contributed by atoms with Crippen LogP contribution in [0.5, 0.6) is 0 Å². The smallest absolute Gasteiger partial charge is 0.312 e. The Morgan fingerprint density at radius 3 is 2.26 bits per heavy atom. The van der Waals surface area contributed by atoms with Crippen LogP contribution < -0.4 is 17.0 Å². The third-order valence-corrected chi connectivity index (χ3v) is 1.91. The molecule has 0 saturated carbocycles. The highest BCUT2D eigenvalue weighted by Gasteiger charge is 2.07. The summed E-state index contributed by atoms with van der Waals surface area (Å²) in [5.74, 6) is 4.94. The minimum Gasteiger partial charge on any atom is -0.312 e. The molecular formula is C7H14N6O5S. The molecule has 0 radical (unpaired) electrons. The van der Waals surface area contributed by atoms with Gasteiger partial charge in [0.1, 0.15) is 6.17 Å². The molecule has 0 aliphatic carbocycles. The summed E-state index contributed by atoms with van der Waals surface area (Å²) >= 11 is 0. The molecule has 12 heteroatoms. The molecule has 1 atom stereocenters. The first-order chi connectivity index (χ1) is 8.76. The maximum atomic E-state index is 9.90. The zero-order valence-electron chi connectivity index (χ0n) is 9.87. The monoisotopic (exact) mass is 294 g/mol. The topological polar surface area (TPSA) is 173 Å². The SMILES string of the molecule is COS(=O)(=O)O.NC1C=CNN1N.O=C1C=CN=N1. The fourth-order valence-electron chi connectivity index (χ4n) is 0.627. The second kappa shape index (κ2) is 8.41. The number of carbonyl (C=O) groups is 1. The summed E-state index contributed by atoms with van der Waals surface area (Å²) in [6.07, 6.45) is 5.97. The number of hydrogen-bond donors (Lipinski definition) is 4. The molecule has 1 amide bonds. The highest BCUT2D eigenvalue weighted by atomic mass is 32.3. The Balaban J connectivity index is 0.000000257. The highest BCUT2D eigenvalue weighted by Crippen LogP contribution is 1.90. The number of hydrogen-bond acceptors (Lipinski definition) is 9. The van der Waals surface area contributed by atoms with E-state index in [1.807, 2.05) is 0 Å². The average molecular weight is 294 g/mol. The van der Waals surface area contributed by atoms with Crippen LogP contribution in [0.3, 0.4) is 0 Å². The van der Waals surface area contributed by atoms with Crippen LogP contribution in [0.2, 0.25) is 0 Å². The summed E-state index contributed by atoms with van der Waals surface area (Å²) in [6.45, 7) is 0. The Labute approximate surface area is 109 Å². The molecule has 108 valence electrons. The summed E-state index contributed by atoms with van der Waals surface area (Å²) in [5, 5.41) is 7.69. The van der Waals surface area contributed by atoms with Gasteiger partial charge in [0.2, 0.25) is 0 Å². The van der Waals surface area contributed by atoms with E-state index >= 15 is 0 Å². The van der Waals surface area contributed by atoms with E-state index in [2.05, 4.69) is 19.8 Å². The highest BCUT2D eigenvalue weighted by molar-refractivity contribution is 7.80. The van der Waals surface area contributed by atoms with Crippen molar-refractivity contribution >= 4 is 16.3 Å². The maximum absolute atomic E-state index is 9.90. The lowest BCUT2D eigenvalue weighted by atomic mass is 10.5. The van der Waals surface area contributed by atoms with Crippen molar-refractivity contribution in [2.24, 2.45) is 21.8 Å². The number of carbonyl (C=O) groups excluding carboxylic acids is 1. The zero-order chi connectivity index (χ0) is 14.9. The average Bonchev–Trinajstić information content (AvgIpc) is 2.93. The first kappa shape index (κ1) is 17.3. The molecule has 0 spiro atoms. The van der Waals surface area contributed by atoms with Crippen molar-refractivity contribution in [2.45, 2.75) is 6.17 Å². The molecule has 2 aliphatic rings. The summed E-state index contributed by atoms with van der Waals surface area (Å²) < 4.78 is 29.7. The lowest BCUT2D eigenvalue weighted by molar-refractivity contribution is -0.113. The molecule has 19 heavy (non-hydrogen) atoms. The van der Waals surface area contributed by atoms with Crippen molar-refractivity contribution in [2.75, 3.05) is 7.11 Å². The van der Waals surface area contributed by atoms with Crippen LogP contribution in [-0.2, 0) is 19.4 Å². The van der Waals surface area contributed by atoms with Gasteiger partial charge >= 0.3 is 10.4 Å². The van der Waals surface area contributed by atoms with E-state index in [9.17, 15) is 13.2 Å². The van der Waals surface area contributed by atoms with Crippen LogP contribution in [0.25, 0.3) is 0 Å². The van der Waals surface area contributed by atoms with Gasteiger partial charge in [-0.3, -0.25) is 13.5 Å². The number of nitrogens with two attached hydrogens (primary N) is 2. The zero-order valence-corrected chi connectivity index (χ0v) is 10.7. The molecular weight excluding hydrogens is 280 g/mol. The maximum Gasteiger partial charge on any atom is 0.397 e. The van der Waals surface area contributed by atoms with Gasteiger partial charge in [-0.1, -0.05) is 0 Å². The molecule has 6 N–H and O–H groups in total. The quantitative estimate of drug-likeness (QED) is 0.328. The van der Waals surface area contributed by atoms with Crippen molar-refractivity contribution < 1.29 is 21.9 Å². The van der Waals surface area contributed by atoms with Crippen molar-refractivity contribution in [3.05, 3.63) is 24.6 Å². The minimum absolute atomic E-state index is 0.167. The molecule has 0 fully saturated rings. The van der Waals surface area contributed by atoms with E-state index < -0.39 is 10.4 Å². The van der Waals surface area contributed by atoms with Gasteiger partial charge in [0.15, 0.2) is 0 Å². The van der Waals surface area contributed by atoms with E-state index in [0.717, 1.165) is 7.11 Å². The summed E-state index contributed by atoms with van der Waals surface area (Å²) in [6, 6.07) is 0. The van der Waals surface area contributed by atoms with Gasteiger partial charge in [-0.05, 0) is 6.08 Å². The fraction of sp³-hybridized carbons (Fsp3) is 0.286. The Morgan fingerprint density at radius 1 is 1.58 bits per heavy atom. The Kier molecular flexibility index (Phi) is 7.66. The normalized spacial score (nSPS) is 20.4. The Hall–Kier alpha value is -1.70. The van der Waals surface area contributed by atoms with E-state index in [4.69, 9.17) is 16.1 Å². The van der Waals surface area contributed by atoms with Crippen molar-refractivity contribution in [3.63, 3.8) is 0 Å². The summed E-state index contributed by atoms with van der Waals surface area (Å²) in [5.41, 5.74) is 8.00. The second-order valence-electron chi connectivity index (χ2n) is 2.85. The van der Waals surface area contributed by atoms with E-state index in [0.29, 0.717) is 0 Å². The van der Waals surface area contributed by atoms with E-state index in [1.165, 1.54) is 17.4 Å². The van der Waals surface area contributed by atoms with Crippen LogP contribution in [0, 0.1) is 0 Å². The number of azo groups is 1. The standard InChI is InChI=1S/C3H8N4.C3H2N2O.CH4O4S/c4-3-1-2-6-7(3)5;6-3-1-2-4-5-3;1-5-6(2,3)4/h1-3,6H,4-5H2;1-2H;1H3,(H,2,3,4). The van der Waals surface area contributed by atoms with Crippen LogP contribution >= 0.6 is 0 Å². The summed E-state index contributed by atoms with van der Waals surface area (Å²) in [4.78, 5) is 9.90. The number of nitrogens with zero attached hydrogens (tertiary/aromatic N) is 3. The molecule has 1 unspecified atom stereocenters. The van der Waals surface area contributed by atoms with Gasteiger partial charge < -0.3 is 11.2 Å². The molecule has 0 aromatic carbocycles. The molecule has 0 bridgehead atoms. The van der Waals surface area contributed by atoms with E-state index in [-0.39, 0.29) is 12.1 Å².